The molecule has 3 nitrogen and oxygen atoms in total. The van der Waals surface area contributed by atoms with E-state index >= 15 is 0 Å². The minimum atomic E-state index is 0. The summed E-state index contributed by atoms with van der Waals surface area (Å²) < 4.78 is 0. The van der Waals surface area contributed by atoms with Gasteiger partial charge >= 0.3 is 0 Å². The van der Waals surface area contributed by atoms with Gasteiger partial charge in [-0.3, -0.25) is 4.99 Å². The van der Waals surface area contributed by atoms with Crippen LogP contribution in [0, 0.1) is 5.41 Å². The lowest BCUT2D eigenvalue weighted by Crippen LogP contribution is -2.41. The molecule has 0 heterocycles. The van der Waals surface area contributed by atoms with Gasteiger partial charge in [-0.1, -0.05) is 40.0 Å². The molecule has 0 aromatic carbocycles. The topological polar surface area (TPSA) is 27.6 Å². The SMILES string of the molecule is CCCCCC(C)(C)CNC(=NC)N(C)C.I. The third-order valence-electron chi connectivity index (χ3n) is 2.82. The van der Waals surface area contributed by atoms with Gasteiger partial charge in [-0.25, -0.2) is 0 Å². The summed E-state index contributed by atoms with van der Waals surface area (Å²) in [6.45, 7) is 7.87. The molecule has 4 heteroatoms. The van der Waals surface area contributed by atoms with Crippen LogP contribution in [-0.4, -0.2) is 38.5 Å². The zero-order valence-electron chi connectivity index (χ0n) is 12.3. The van der Waals surface area contributed by atoms with Gasteiger partial charge in [0.1, 0.15) is 0 Å². The van der Waals surface area contributed by atoms with E-state index in [-0.39, 0.29) is 24.0 Å². The summed E-state index contributed by atoms with van der Waals surface area (Å²) in [4.78, 5) is 6.23. The zero-order chi connectivity index (χ0) is 12.6. The largest absolute Gasteiger partial charge is 0.356 e. The standard InChI is InChI=1S/C13H29N3.HI/c1-7-8-9-10-13(2,3)11-15-12(14-4)16(5)6;/h7-11H2,1-6H3,(H,14,15);1H. The van der Waals surface area contributed by atoms with E-state index < -0.39 is 0 Å². The molecule has 0 rings (SSSR count). The maximum atomic E-state index is 4.22. The van der Waals surface area contributed by atoms with E-state index in [2.05, 4.69) is 31.1 Å². The van der Waals surface area contributed by atoms with Crippen LogP contribution in [0.4, 0.5) is 0 Å². The fourth-order valence-electron chi connectivity index (χ4n) is 1.70. The lowest BCUT2D eigenvalue weighted by atomic mass is 9.87. The van der Waals surface area contributed by atoms with Crippen LogP contribution in [0.1, 0.15) is 46.5 Å². The van der Waals surface area contributed by atoms with Gasteiger partial charge in [0.05, 0.1) is 0 Å². The van der Waals surface area contributed by atoms with Gasteiger partial charge < -0.3 is 10.2 Å². The molecule has 0 aliphatic rings. The summed E-state index contributed by atoms with van der Waals surface area (Å²) in [6, 6.07) is 0. The minimum absolute atomic E-state index is 0. The van der Waals surface area contributed by atoms with E-state index in [4.69, 9.17) is 0 Å². The van der Waals surface area contributed by atoms with E-state index in [1.165, 1.54) is 25.7 Å². The van der Waals surface area contributed by atoms with Gasteiger partial charge in [0.15, 0.2) is 5.96 Å². The van der Waals surface area contributed by atoms with Gasteiger partial charge in [-0.15, -0.1) is 24.0 Å². The number of rotatable bonds is 6. The fourth-order valence-corrected chi connectivity index (χ4v) is 1.70. The quantitative estimate of drug-likeness (QED) is 0.343. The molecule has 0 aliphatic carbocycles. The molecular weight excluding hydrogens is 325 g/mol. The highest BCUT2D eigenvalue weighted by atomic mass is 127. The molecule has 0 unspecified atom stereocenters. The smallest absolute Gasteiger partial charge is 0.193 e. The Morgan fingerprint density at radius 2 is 1.82 bits per heavy atom. The number of hydrogen-bond donors (Lipinski definition) is 1. The summed E-state index contributed by atoms with van der Waals surface area (Å²) in [5, 5.41) is 3.41. The fraction of sp³-hybridized carbons (Fsp3) is 0.923. The number of aliphatic imine (C=N–C) groups is 1. The molecule has 17 heavy (non-hydrogen) atoms. The lowest BCUT2D eigenvalue weighted by Gasteiger charge is -2.27. The van der Waals surface area contributed by atoms with E-state index in [0.29, 0.717) is 5.41 Å². The summed E-state index contributed by atoms with van der Waals surface area (Å²) >= 11 is 0. The first-order valence-electron chi connectivity index (χ1n) is 6.31. The number of hydrogen-bond acceptors (Lipinski definition) is 1. The molecule has 0 bridgehead atoms. The number of guanidine groups is 1. The molecular formula is C13H30IN3. The average molecular weight is 355 g/mol. The summed E-state index contributed by atoms with van der Waals surface area (Å²) in [5.74, 6) is 0.962. The van der Waals surface area contributed by atoms with Crippen molar-refractivity contribution in [2.75, 3.05) is 27.7 Å². The molecule has 0 aromatic rings. The van der Waals surface area contributed by atoms with Gasteiger partial charge in [-0.05, 0) is 11.8 Å². The lowest BCUT2D eigenvalue weighted by molar-refractivity contribution is 0.315. The predicted octanol–water partition coefficient (Wildman–Crippen LogP) is 3.35. The summed E-state index contributed by atoms with van der Waals surface area (Å²) in [7, 11) is 5.85. The Bertz CT molecular complexity index is 213. The molecule has 104 valence electrons. The van der Waals surface area contributed by atoms with Gasteiger partial charge in [-0.2, -0.15) is 0 Å². The normalized spacial score (nSPS) is 12.0. The molecule has 0 aliphatic heterocycles. The molecule has 0 spiro atoms. The highest BCUT2D eigenvalue weighted by molar-refractivity contribution is 14.0. The Morgan fingerprint density at radius 1 is 1.24 bits per heavy atom. The summed E-state index contributed by atoms with van der Waals surface area (Å²) in [6.07, 6.45) is 5.23. The third-order valence-corrected chi connectivity index (χ3v) is 2.82. The first-order valence-corrected chi connectivity index (χ1v) is 6.31. The number of nitrogens with zero attached hydrogens (tertiary/aromatic N) is 2. The van der Waals surface area contributed by atoms with Crippen LogP contribution in [0.2, 0.25) is 0 Å². The van der Waals surface area contributed by atoms with Crippen molar-refractivity contribution in [1.82, 2.24) is 10.2 Å². The second kappa shape index (κ2) is 9.97. The molecule has 0 fully saturated rings. The molecule has 0 saturated carbocycles. The minimum Gasteiger partial charge on any atom is -0.356 e. The summed E-state index contributed by atoms with van der Waals surface area (Å²) in [5.41, 5.74) is 0.348. The number of nitrogens with one attached hydrogen (secondary N) is 1. The molecule has 0 radical (unpaired) electrons. The van der Waals surface area contributed by atoms with Crippen LogP contribution < -0.4 is 5.32 Å². The zero-order valence-corrected chi connectivity index (χ0v) is 14.7. The van der Waals surface area contributed by atoms with Crippen molar-refractivity contribution in [2.45, 2.75) is 46.5 Å². The Labute approximate surface area is 124 Å². The van der Waals surface area contributed by atoms with Crippen LogP contribution in [-0.2, 0) is 0 Å². The highest BCUT2D eigenvalue weighted by Crippen LogP contribution is 2.22. The maximum Gasteiger partial charge on any atom is 0.193 e. The third kappa shape index (κ3) is 9.68. The van der Waals surface area contributed by atoms with Crippen molar-refractivity contribution in [2.24, 2.45) is 10.4 Å². The Morgan fingerprint density at radius 3 is 2.24 bits per heavy atom. The van der Waals surface area contributed by atoms with E-state index in [0.717, 1.165) is 12.5 Å². The Balaban J connectivity index is 0. The first-order chi connectivity index (χ1) is 7.43. The van der Waals surface area contributed by atoms with E-state index in [1.807, 2.05) is 26.0 Å². The van der Waals surface area contributed by atoms with Gasteiger partial charge in [0, 0.05) is 27.7 Å². The van der Waals surface area contributed by atoms with Gasteiger partial charge in [0.2, 0.25) is 0 Å². The van der Waals surface area contributed by atoms with Crippen molar-refractivity contribution in [3.63, 3.8) is 0 Å². The number of halogens is 1. The van der Waals surface area contributed by atoms with Crippen molar-refractivity contribution in [1.29, 1.82) is 0 Å². The number of unbranched alkanes of at least 4 members (excludes halogenated alkanes) is 2. The van der Waals surface area contributed by atoms with Crippen molar-refractivity contribution < 1.29 is 0 Å². The molecule has 0 amide bonds. The Hall–Kier alpha value is 0. The van der Waals surface area contributed by atoms with Crippen LogP contribution in [0.25, 0.3) is 0 Å². The molecule has 0 aromatic heterocycles. The first kappa shape index (κ1) is 19.3. The average Bonchev–Trinajstić information content (AvgIpc) is 2.18. The second-order valence-corrected chi connectivity index (χ2v) is 5.42. The van der Waals surface area contributed by atoms with Crippen molar-refractivity contribution in [3.05, 3.63) is 0 Å². The van der Waals surface area contributed by atoms with Crippen LogP contribution in [0.3, 0.4) is 0 Å². The highest BCUT2D eigenvalue weighted by Gasteiger charge is 2.17. The van der Waals surface area contributed by atoms with Gasteiger partial charge in [0.25, 0.3) is 0 Å². The maximum absolute atomic E-state index is 4.22. The second-order valence-electron chi connectivity index (χ2n) is 5.42. The van der Waals surface area contributed by atoms with Crippen molar-refractivity contribution >= 4 is 29.9 Å². The molecule has 0 atom stereocenters. The molecule has 1 N–H and O–H groups in total. The predicted molar refractivity (Wildman–Crippen MR) is 88.4 cm³/mol. The van der Waals surface area contributed by atoms with Crippen molar-refractivity contribution in [3.8, 4) is 0 Å². The van der Waals surface area contributed by atoms with E-state index in [1.54, 1.807) is 0 Å². The molecule has 0 saturated heterocycles. The van der Waals surface area contributed by atoms with Crippen LogP contribution >= 0.6 is 24.0 Å². The van der Waals surface area contributed by atoms with E-state index in [9.17, 15) is 0 Å². The monoisotopic (exact) mass is 355 g/mol. The van der Waals surface area contributed by atoms with Crippen LogP contribution in [0.15, 0.2) is 4.99 Å². The van der Waals surface area contributed by atoms with Crippen LogP contribution in [0.5, 0.6) is 0 Å². The Kier molecular flexibility index (Phi) is 11.3.